The number of nitrogens with two attached hydrogens (primary N) is 1. The van der Waals surface area contributed by atoms with Crippen molar-refractivity contribution in [2.45, 2.75) is 12.8 Å². The lowest BCUT2D eigenvalue weighted by Crippen LogP contribution is -2.04. The van der Waals surface area contributed by atoms with Crippen LogP contribution in [-0.4, -0.2) is 26.2 Å². The summed E-state index contributed by atoms with van der Waals surface area (Å²) < 4.78 is 9.89. The van der Waals surface area contributed by atoms with Crippen LogP contribution in [0.2, 0.25) is 0 Å². The van der Waals surface area contributed by atoms with Crippen LogP contribution in [0.4, 0.5) is 5.00 Å². The van der Waals surface area contributed by atoms with E-state index in [1.165, 1.54) is 36.9 Å². The molecule has 0 fully saturated rings. The molecule has 0 bridgehead atoms. The van der Waals surface area contributed by atoms with Crippen LogP contribution in [0.15, 0.2) is 48.5 Å². The Kier molecular flexibility index (Phi) is 7.78. The molecular formula is C27H20N2O4S5. The summed E-state index contributed by atoms with van der Waals surface area (Å²) in [4.78, 5) is 33.2. The molecule has 0 unspecified atom stereocenters. The molecule has 0 aromatic carbocycles. The van der Waals surface area contributed by atoms with Crippen LogP contribution in [0, 0.1) is 11.3 Å². The van der Waals surface area contributed by atoms with E-state index >= 15 is 0 Å². The first-order valence-electron chi connectivity index (χ1n) is 11.2. The zero-order chi connectivity index (χ0) is 26.8. The number of thiophene rings is 5. The van der Waals surface area contributed by atoms with Crippen LogP contribution in [0.25, 0.3) is 39.0 Å². The largest absolute Gasteiger partial charge is 0.469 e. The van der Waals surface area contributed by atoms with E-state index in [2.05, 4.69) is 18.2 Å². The van der Waals surface area contributed by atoms with Crippen LogP contribution in [0.3, 0.4) is 0 Å². The summed E-state index contributed by atoms with van der Waals surface area (Å²) in [5.74, 6) is -0.608. The number of esters is 2. The van der Waals surface area contributed by atoms with Gasteiger partial charge >= 0.3 is 11.9 Å². The van der Waals surface area contributed by atoms with Gasteiger partial charge in [-0.3, -0.25) is 9.59 Å². The van der Waals surface area contributed by atoms with Crippen molar-refractivity contribution >= 4 is 73.6 Å². The predicted molar refractivity (Wildman–Crippen MR) is 158 cm³/mol. The molecular weight excluding hydrogens is 577 g/mol. The Labute approximate surface area is 239 Å². The van der Waals surface area contributed by atoms with Crippen molar-refractivity contribution in [1.29, 1.82) is 5.26 Å². The highest BCUT2D eigenvalue weighted by Crippen LogP contribution is 2.48. The van der Waals surface area contributed by atoms with Gasteiger partial charge in [-0.1, -0.05) is 0 Å². The van der Waals surface area contributed by atoms with E-state index in [1.807, 2.05) is 30.3 Å². The molecule has 5 rings (SSSR count). The molecule has 11 heteroatoms. The van der Waals surface area contributed by atoms with Crippen molar-refractivity contribution in [1.82, 2.24) is 0 Å². The van der Waals surface area contributed by atoms with Crippen molar-refractivity contribution in [3.63, 3.8) is 0 Å². The summed E-state index contributed by atoms with van der Waals surface area (Å²) in [6.45, 7) is 0. The fourth-order valence-corrected chi connectivity index (χ4v) is 9.23. The highest BCUT2D eigenvalue weighted by atomic mass is 32.1. The van der Waals surface area contributed by atoms with Gasteiger partial charge in [0.1, 0.15) is 10.9 Å². The molecule has 5 aromatic rings. The lowest BCUT2D eigenvalue weighted by Gasteiger charge is -2.02. The smallest absolute Gasteiger partial charge is 0.310 e. The molecule has 0 saturated carbocycles. The average molecular weight is 597 g/mol. The summed E-state index contributed by atoms with van der Waals surface area (Å²) in [6.07, 6.45) is 0.329. The number of methoxy groups -OCH3 is 2. The molecule has 0 amide bonds. The van der Waals surface area contributed by atoms with Gasteiger partial charge in [-0.25, -0.2) is 0 Å². The van der Waals surface area contributed by atoms with Gasteiger partial charge in [0.2, 0.25) is 0 Å². The molecule has 0 radical (unpaired) electrons. The van der Waals surface area contributed by atoms with Crippen molar-refractivity contribution in [2.75, 3.05) is 20.0 Å². The van der Waals surface area contributed by atoms with E-state index in [0.29, 0.717) is 4.88 Å². The summed E-state index contributed by atoms with van der Waals surface area (Å²) in [7, 11) is 2.78. The first-order chi connectivity index (χ1) is 18.4. The summed E-state index contributed by atoms with van der Waals surface area (Å²) in [5.41, 5.74) is 7.74. The summed E-state index contributed by atoms with van der Waals surface area (Å²) in [5, 5.41) is 9.97. The first-order valence-corrected chi connectivity index (χ1v) is 15.3. The zero-order valence-electron chi connectivity index (χ0n) is 20.2. The Morgan fingerprint density at radius 2 is 1.21 bits per heavy atom. The number of nitrogens with zero attached hydrogens (tertiary/aromatic N) is 1. The lowest BCUT2D eigenvalue weighted by molar-refractivity contribution is -0.140. The standard InChI is InChI=1S/C27H20N2O4S5/c1-32-24(30)11-14-9-21(17-4-3-16(13-28)34-17)37-26(14)19-5-6-20(35-19)27-15(12-25(31)33-2)10-22(38-27)18-7-8-23(29)36-18/h3-10H,11-12,29H2,1-2H3. The van der Waals surface area contributed by atoms with Gasteiger partial charge < -0.3 is 15.2 Å². The Hall–Kier alpha value is -3.27. The molecule has 5 heterocycles. The Bertz CT molecular complexity index is 1680. The molecule has 6 nitrogen and oxygen atoms in total. The Balaban J connectivity index is 1.56. The molecule has 38 heavy (non-hydrogen) atoms. The minimum absolute atomic E-state index is 0.155. The topological polar surface area (TPSA) is 102 Å². The highest BCUT2D eigenvalue weighted by Gasteiger charge is 2.21. The van der Waals surface area contributed by atoms with Crippen molar-refractivity contribution in [2.24, 2.45) is 0 Å². The normalized spacial score (nSPS) is 10.9. The van der Waals surface area contributed by atoms with E-state index < -0.39 is 0 Å². The van der Waals surface area contributed by atoms with Crippen LogP contribution >= 0.6 is 56.7 Å². The SMILES string of the molecule is COC(=O)Cc1cc(-c2ccc(N)s2)sc1-c1ccc(-c2sc(-c3ccc(C#N)s3)cc2CC(=O)OC)s1. The van der Waals surface area contributed by atoms with Crippen LogP contribution in [0.1, 0.15) is 16.0 Å². The third-order valence-electron chi connectivity index (χ3n) is 5.63. The van der Waals surface area contributed by atoms with Gasteiger partial charge in [-0.05, 0) is 59.7 Å². The van der Waals surface area contributed by atoms with E-state index in [0.717, 1.165) is 55.1 Å². The van der Waals surface area contributed by atoms with E-state index in [1.54, 1.807) is 40.1 Å². The minimum Gasteiger partial charge on any atom is -0.469 e. The van der Waals surface area contributed by atoms with Gasteiger partial charge in [0, 0.05) is 39.0 Å². The van der Waals surface area contributed by atoms with Gasteiger partial charge in [0.15, 0.2) is 0 Å². The number of hydrogen-bond acceptors (Lipinski definition) is 11. The summed E-state index contributed by atoms with van der Waals surface area (Å²) >= 11 is 7.77. The minimum atomic E-state index is -0.310. The molecule has 2 N–H and O–H groups in total. The molecule has 192 valence electrons. The van der Waals surface area contributed by atoms with Crippen molar-refractivity contribution in [3.8, 4) is 45.1 Å². The van der Waals surface area contributed by atoms with Crippen LogP contribution in [0.5, 0.6) is 0 Å². The summed E-state index contributed by atoms with van der Waals surface area (Å²) in [6, 6.07) is 18.0. The monoisotopic (exact) mass is 596 g/mol. The average Bonchev–Trinajstić information content (AvgIpc) is 3.73. The van der Waals surface area contributed by atoms with E-state index in [4.69, 9.17) is 15.2 Å². The number of ether oxygens (including phenoxy) is 2. The maximum Gasteiger partial charge on any atom is 0.310 e. The first kappa shape index (κ1) is 26.3. The number of carbonyl (C=O) groups is 2. The molecule has 0 saturated heterocycles. The van der Waals surface area contributed by atoms with Gasteiger partial charge in [0.25, 0.3) is 0 Å². The number of nitrogen functional groups attached to an aromatic ring is 1. The number of carbonyl (C=O) groups excluding carboxylic acids is 2. The second-order valence-corrected chi connectivity index (χ2v) is 13.5. The zero-order valence-corrected chi connectivity index (χ0v) is 24.3. The molecule has 0 atom stereocenters. The van der Waals surface area contributed by atoms with E-state index in [9.17, 15) is 14.9 Å². The quantitative estimate of drug-likeness (QED) is 0.186. The molecule has 0 aliphatic heterocycles. The van der Waals surface area contributed by atoms with E-state index in [-0.39, 0.29) is 24.8 Å². The second-order valence-electron chi connectivity index (χ2n) is 8.08. The molecule has 5 aromatic heterocycles. The maximum atomic E-state index is 12.2. The lowest BCUT2D eigenvalue weighted by atomic mass is 10.1. The van der Waals surface area contributed by atoms with Crippen LogP contribution in [-0.2, 0) is 31.9 Å². The fourth-order valence-electron chi connectivity index (χ4n) is 3.83. The second kappa shape index (κ2) is 11.2. The number of rotatable bonds is 8. The maximum absolute atomic E-state index is 12.2. The fraction of sp³-hybridized carbons (Fsp3) is 0.148. The predicted octanol–water partition coefficient (Wildman–Crippen LogP) is 7.55. The molecule has 0 aliphatic carbocycles. The number of hydrogen-bond donors (Lipinski definition) is 1. The third kappa shape index (κ3) is 5.45. The Morgan fingerprint density at radius 1 is 0.711 bits per heavy atom. The van der Waals surface area contributed by atoms with Crippen LogP contribution < -0.4 is 5.73 Å². The number of anilines is 1. The van der Waals surface area contributed by atoms with Gasteiger partial charge in [-0.15, -0.1) is 56.7 Å². The highest BCUT2D eigenvalue weighted by molar-refractivity contribution is 7.30. The molecule has 0 spiro atoms. The third-order valence-corrected chi connectivity index (χ3v) is 11.7. The number of nitriles is 1. The van der Waals surface area contributed by atoms with Gasteiger partial charge in [-0.2, -0.15) is 5.26 Å². The van der Waals surface area contributed by atoms with Crippen molar-refractivity contribution < 1.29 is 19.1 Å². The molecule has 0 aliphatic rings. The van der Waals surface area contributed by atoms with Gasteiger partial charge in [0.05, 0.1) is 32.1 Å². The van der Waals surface area contributed by atoms with Crippen molar-refractivity contribution in [3.05, 3.63) is 64.5 Å². The Morgan fingerprint density at radius 3 is 1.66 bits per heavy atom.